The normalized spacial score (nSPS) is 10.2. The molecule has 2 nitrogen and oxygen atoms in total. The number of carbonyl (C=O) groups is 1. The minimum Gasteiger partial charge on any atom is -0.322 e. The maximum Gasteiger partial charge on any atom is 0.255 e. The molecule has 0 bridgehead atoms. The second kappa shape index (κ2) is 5.42. The Labute approximate surface area is 114 Å². The van der Waals surface area contributed by atoms with Gasteiger partial charge in [0.15, 0.2) is 0 Å². The van der Waals surface area contributed by atoms with Crippen LogP contribution in [0.3, 0.4) is 0 Å². The standard InChI is InChI=1S/C13H9ClFNOS/c14-11-7-9(3-6-12(11)15)16-13(17)8-1-4-10(18)5-2-8/h1-7,18H,(H,16,17). The lowest BCUT2D eigenvalue weighted by molar-refractivity contribution is 0.102. The summed E-state index contributed by atoms with van der Waals surface area (Å²) in [5, 5.41) is 2.60. The first-order valence-corrected chi connectivity index (χ1v) is 5.94. The van der Waals surface area contributed by atoms with E-state index in [0.717, 1.165) is 4.90 Å². The molecule has 0 saturated heterocycles. The predicted molar refractivity (Wildman–Crippen MR) is 73.1 cm³/mol. The molecule has 0 radical (unpaired) electrons. The van der Waals surface area contributed by atoms with Gasteiger partial charge in [0.2, 0.25) is 0 Å². The van der Waals surface area contributed by atoms with E-state index in [2.05, 4.69) is 17.9 Å². The minimum absolute atomic E-state index is 0.0292. The van der Waals surface area contributed by atoms with Gasteiger partial charge in [-0.1, -0.05) is 11.6 Å². The number of thiol groups is 1. The van der Waals surface area contributed by atoms with Crippen molar-refractivity contribution in [1.82, 2.24) is 0 Å². The Morgan fingerprint density at radius 2 is 1.83 bits per heavy atom. The predicted octanol–water partition coefficient (Wildman–Crippen LogP) is 4.02. The molecule has 92 valence electrons. The van der Waals surface area contributed by atoms with Crippen LogP contribution in [0.25, 0.3) is 0 Å². The molecule has 18 heavy (non-hydrogen) atoms. The Bertz CT molecular complexity index is 586. The van der Waals surface area contributed by atoms with Gasteiger partial charge in [0, 0.05) is 16.1 Å². The van der Waals surface area contributed by atoms with E-state index in [1.807, 2.05) is 0 Å². The van der Waals surface area contributed by atoms with Gasteiger partial charge in [0.05, 0.1) is 5.02 Å². The van der Waals surface area contributed by atoms with Crippen LogP contribution in [-0.4, -0.2) is 5.91 Å². The van der Waals surface area contributed by atoms with E-state index in [1.54, 1.807) is 24.3 Å². The lowest BCUT2D eigenvalue weighted by Gasteiger charge is -2.06. The average molecular weight is 282 g/mol. The largest absolute Gasteiger partial charge is 0.322 e. The molecule has 0 fully saturated rings. The zero-order valence-electron chi connectivity index (χ0n) is 9.15. The number of benzene rings is 2. The summed E-state index contributed by atoms with van der Waals surface area (Å²) in [6.07, 6.45) is 0. The quantitative estimate of drug-likeness (QED) is 0.800. The van der Waals surface area contributed by atoms with Crippen molar-refractivity contribution in [2.24, 2.45) is 0 Å². The molecule has 2 aromatic rings. The molecule has 0 aliphatic rings. The highest BCUT2D eigenvalue weighted by molar-refractivity contribution is 7.80. The fourth-order valence-electron chi connectivity index (χ4n) is 1.39. The van der Waals surface area contributed by atoms with Gasteiger partial charge in [0.1, 0.15) is 5.82 Å². The van der Waals surface area contributed by atoms with Crippen molar-refractivity contribution >= 4 is 35.8 Å². The lowest BCUT2D eigenvalue weighted by atomic mass is 10.2. The molecule has 0 aromatic heterocycles. The summed E-state index contributed by atoms with van der Waals surface area (Å²) >= 11 is 9.76. The van der Waals surface area contributed by atoms with Crippen LogP contribution >= 0.6 is 24.2 Å². The van der Waals surface area contributed by atoms with Gasteiger partial charge in [-0.3, -0.25) is 4.79 Å². The van der Waals surface area contributed by atoms with Crippen LogP contribution in [0.5, 0.6) is 0 Å². The number of rotatable bonds is 2. The molecule has 0 heterocycles. The van der Waals surface area contributed by atoms with E-state index in [0.29, 0.717) is 11.3 Å². The van der Waals surface area contributed by atoms with Gasteiger partial charge in [-0.25, -0.2) is 4.39 Å². The average Bonchev–Trinajstić information content (AvgIpc) is 2.34. The maximum absolute atomic E-state index is 13.0. The minimum atomic E-state index is -0.519. The Morgan fingerprint density at radius 1 is 1.17 bits per heavy atom. The van der Waals surface area contributed by atoms with E-state index in [4.69, 9.17) is 11.6 Å². The third-order valence-electron chi connectivity index (χ3n) is 2.31. The van der Waals surface area contributed by atoms with Crippen LogP contribution in [0.1, 0.15) is 10.4 Å². The Kier molecular flexibility index (Phi) is 3.89. The van der Waals surface area contributed by atoms with E-state index in [-0.39, 0.29) is 10.9 Å². The third kappa shape index (κ3) is 3.03. The number of hydrogen-bond acceptors (Lipinski definition) is 2. The SMILES string of the molecule is O=C(Nc1ccc(F)c(Cl)c1)c1ccc(S)cc1. The number of carbonyl (C=O) groups excluding carboxylic acids is 1. The molecule has 2 rings (SSSR count). The molecule has 0 spiro atoms. The Balaban J connectivity index is 2.16. The molecule has 5 heteroatoms. The van der Waals surface area contributed by atoms with Crippen molar-refractivity contribution in [3.05, 3.63) is 58.9 Å². The molecule has 0 unspecified atom stereocenters. The molecule has 2 aromatic carbocycles. The van der Waals surface area contributed by atoms with E-state index in [9.17, 15) is 9.18 Å². The summed E-state index contributed by atoms with van der Waals surface area (Å²) in [6.45, 7) is 0. The van der Waals surface area contributed by atoms with Crippen molar-refractivity contribution in [3.8, 4) is 0 Å². The number of anilines is 1. The summed E-state index contributed by atoms with van der Waals surface area (Å²) < 4.78 is 13.0. The number of halogens is 2. The fourth-order valence-corrected chi connectivity index (χ4v) is 1.72. The van der Waals surface area contributed by atoms with Crippen molar-refractivity contribution in [2.75, 3.05) is 5.32 Å². The first-order chi connectivity index (χ1) is 8.56. The Morgan fingerprint density at radius 3 is 2.44 bits per heavy atom. The van der Waals surface area contributed by atoms with Gasteiger partial charge in [-0.15, -0.1) is 12.6 Å². The highest BCUT2D eigenvalue weighted by Gasteiger charge is 2.07. The molecular weight excluding hydrogens is 273 g/mol. The topological polar surface area (TPSA) is 29.1 Å². The molecule has 0 atom stereocenters. The van der Waals surface area contributed by atoms with Gasteiger partial charge >= 0.3 is 0 Å². The number of hydrogen-bond donors (Lipinski definition) is 2. The van der Waals surface area contributed by atoms with Crippen molar-refractivity contribution in [1.29, 1.82) is 0 Å². The second-order valence-electron chi connectivity index (χ2n) is 3.63. The van der Waals surface area contributed by atoms with E-state index in [1.165, 1.54) is 18.2 Å². The first-order valence-electron chi connectivity index (χ1n) is 5.12. The monoisotopic (exact) mass is 281 g/mol. The van der Waals surface area contributed by atoms with Crippen LogP contribution in [0, 0.1) is 5.82 Å². The van der Waals surface area contributed by atoms with Crippen LogP contribution in [0.2, 0.25) is 5.02 Å². The van der Waals surface area contributed by atoms with Crippen LogP contribution in [0.4, 0.5) is 10.1 Å². The lowest BCUT2D eigenvalue weighted by Crippen LogP contribution is -2.11. The first kappa shape index (κ1) is 12.9. The van der Waals surface area contributed by atoms with Crippen molar-refractivity contribution in [3.63, 3.8) is 0 Å². The van der Waals surface area contributed by atoms with Crippen LogP contribution < -0.4 is 5.32 Å². The molecule has 0 saturated carbocycles. The summed E-state index contributed by atoms with van der Waals surface area (Å²) in [4.78, 5) is 12.6. The highest BCUT2D eigenvalue weighted by Crippen LogP contribution is 2.20. The molecule has 0 aliphatic carbocycles. The summed E-state index contributed by atoms with van der Waals surface area (Å²) in [6, 6.07) is 10.8. The number of nitrogens with one attached hydrogen (secondary N) is 1. The smallest absolute Gasteiger partial charge is 0.255 e. The molecule has 1 N–H and O–H groups in total. The van der Waals surface area contributed by atoms with Crippen LogP contribution in [-0.2, 0) is 0 Å². The zero-order chi connectivity index (χ0) is 13.1. The summed E-state index contributed by atoms with van der Waals surface area (Å²) in [5.74, 6) is -0.805. The maximum atomic E-state index is 13.0. The van der Waals surface area contributed by atoms with Gasteiger partial charge in [-0.05, 0) is 42.5 Å². The molecule has 0 aliphatic heterocycles. The second-order valence-corrected chi connectivity index (χ2v) is 4.55. The van der Waals surface area contributed by atoms with Gasteiger partial charge in [0.25, 0.3) is 5.91 Å². The zero-order valence-corrected chi connectivity index (χ0v) is 10.8. The number of amides is 1. The van der Waals surface area contributed by atoms with Crippen LogP contribution in [0.15, 0.2) is 47.4 Å². The van der Waals surface area contributed by atoms with Gasteiger partial charge in [-0.2, -0.15) is 0 Å². The van der Waals surface area contributed by atoms with E-state index >= 15 is 0 Å². The fraction of sp³-hybridized carbons (Fsp3) is 0. The molecular formula is C13H9ClFNOS. The highest BCUT2D eigenvalue weighted by atomic mass is 35.5. The van der Waals surface area contributed by atoms with Gasteiger partial charge < -0.3 is 5.32 Å². The molecule has 1 amide bonds. The van der Waals surface area contributed by atoms with Crippen molar-refractivity contribution in [2.45, 2.75) is 4.90 Å². The third-order valence-corrected chi connectivity index (χ3v) is 2.89. The summed E-state index contributed by atoms with van der Waals surface area (Å²) in [5.41, 5.74) is 0.939. The van der Waals surface area contributed by atoms with E-state index < -0.39 is 5.82 Å². The summed E-state index contributed by atoms with van der Waals surface area (Å²) in [7, 11) is 0. The van der Waals surface area contributed by atoms with Crippen molar-refractivity contribution < 1.29 is 9.18 Å². The Hall–Kier alpha value is -1.52.